The standard InChI is InChI=1S/C32H41N3O4/c1-21(2)17-28(35-16-14-24(18-29(35)36)13-15-34(5)6)32(39)33-27(20-30(37)38)25-11-8-12-26(19-25)31-22(3)9-7-10-23(31)4/h7-12,14,16,18-19,21,27-28H,13,15,17,20H2,1-6H3,(H,33,39)(H,37,38)/t27-,28-/m0/s1. The summed E-state index contributed by atoms with van der Waals surface area (Å²) in [6, 6.07) is 15.8. The molecule has 0 radical (unpaired) electrons. The van der Waals surface area contributed by atoms with Crippen molar-refractivity contribution in [3.63, 3.8) is 0 Å². The van der Waals surface area contributed by atoms with Crippen LogP contribution in [-0.4, -0.2) is 47.1 Å². The minimum absolute atomic E-state index is 0.145. The van der Waals surface area contributed by atoms with Gasteiger partial charge in [-0.1, -0.05) is 50.2 Å². The van der Waals surface area contributed by atoms with Crippen molar-refractivity contribution in [3.05, 3.63) is 93.4 Å². The van der Waals surface area contributed by atoms with Crippen LogP contribution in [0, 0.1) is 19.8 Å². The van der Waals surface area contributed by atoms with Gasteiger partial charge in [0.05, 0.1) is 12.5 Å². The number of pyridine rings is 1. The Morgan fingerprint density at radius 1 is 1.00 bits per heavy atom. The number of nitrogens with zero attached hydrogens (tertiary/aromatic N) is 2. The zero-order valence-electron chi connectivity index (χ0n) is 23.9. The maximum absolute atomic E-state index is 13.7. The lowest BCUT2D eigenvalue weighted by atomic mass is 9.92. The lowest BCUT2D eigenvalue weighted by molar-refractivity contribution is -0.138. The molecule has 3 aromatic rings. The molecule has 2 atom stereocenters. The van der Waals surface area contributed by atoms with Gasteiger partial charge in [0.25, 0.3) is 5.56 Å². The smallest absolute Gasteiger partial charge is 0.305 e. The monoisotopic (exact) mass is 531 g/mol. The average molecular weight is 532 g/mol. The maximum atomic E-state index is 13.7. The van der Waals surface area contributed by atoms with E-state index in [4.69, 9.17) is 0 Å². The fourth-order valence-electron chi connectivity index (χ4n) is 4.97. The van der Waals surface area contributed by atoms with E-state index in [0.717, 1.165) is 40.8 Å². The van der Waals surface area contributed by atoms with Gasteiger partial charge in [-0.3, -0.25) is 14.4 Å². The van der Waals surface area contributed by atoms with Crippen molar-refractivity contribution >= 4 is 11.9 Å². The Labute approximate surface area is 231 Å². The first-order valence-corrected chi connectivity index (χ1v) is 13.5. The molecular formula is C32H41N3O4. The van der Waals surface area contributed by atoms with E-state index in [0.29, 0.717) is 12.0 Å². The maximum Gasteiger partial charge on any atom is 0.305 e. The van der Waals surface area contributed by atoms with Gasteiger partial charge < -0.3 is 19.9 Å². The number of likely N-dealkylation sites (N-methyl/N-ethyl adjacent to an activating group) is 1. The Kier molecular flexibility index (Phi) is 10.2. The number of benzene rings is 2. The highest BCUT2D eigenvalue weighted by atomic mass is 16.4. The minimum atomic E-state index is -1.01. The lowest BCUT2D eigenvalue weighted by Gasteiger charge is -2.25. The van der Waals surface area contributed by atoms with Crippen LogP contribution in [0.1, 0.15) is 61.0 Å². The van der Waals surface area contributed by atoms with Crippen LogP contribution in [0.4, 0.5) is 0 Å². The quantitative estimate of drug-likeness (QED) is 0.337. The second-order valence-corrected chi connectivity index (χ2v) is 11.0. The van der Waals surface area contributed by atoms with Crippen molar-refractivity contribution in [3.8, 4) is 11.1 Å². The highest BCUT2D eigenvalue weighted by Crippen LogP contribution is 2.30. The summed E-state index contributed by atoms with van der Waals surface area (Å²) in [5, 5.41) is 12.7. The highest BCUT2D eigenvalue weighted by Gasteiger charge is 2.27. The lowest BCUT2D eigenvalue weighted by Crippen LogP contribution is -2.40. The van der Waals surface area contributed by atoms with E-state index in [1.54, 1.807) is 12.3 Å². The van der Waals surface area contributed by atoms with E-state index >= 15 is 0 Å². The van der Waals surface area contributed by atoms with Gasteiger partial charge in [-0.2, -0.15) is 0 Å². The summed E-state index contributed by atoms with van der Waals surface area (Å²) < 4.78 is 1.47. The van der Waals surface area contributed by atoms with Crippen molar-refractivity contribution in [1.82, 2.24) is 14.8 Å². The number of carbonyl (C=O) groups excluding carboxylic acids is 1. The Bertz CT molecular complexity index is 1340. The summed E-state index contributed by atoms with van der Waals surface area (Å²) in [6.45, 7) is 8.91. The summed E-state index contributed by atoms with van der Waals surface area (Å²) in [7, 11) is 3.96. The third-order valence-electron chi connectivity index (χ3n) is 6.95. The van der Waals surface area contributed by atoms with Crippen LogP contribution in [0.2, 0.25) is 0 Å². The van der Waals surface area contributed by atoms with Crippen LogP contribution < -0.4 is 10.9 Å². The van der Waals surface area contributed by atoms with Crippen molar-refractivity contribution in [1.29, 1.82) is 0 Å². The Hall–Kier alpha value is -3.71. The van der Waals surface area contributed by atoms with Crippen molar-refractivity contribution in [2.24, 2.45) is 5.92 Å². The number of aromatic nitrogens is 1. The molecule has 0 spiro atoms. The van der Waals surface area contributed by atoms with Crippen molar-refractivity contribution in [2.45, 2.75) is 59.0 Å². The molecule has 0 unspecified atom stereocenters. The first-order valence-electron chi connectivity index (χ1n) is 13.5. The summed E-state index contributed by atoms with van der Waals surface area (Å²) in [5.74, 6) is -1.23. The zero-order valence-corrected chi connectivity index (χ0v) is 23.9. The van der Waals surface area contributed by atoms with Crippen LogP contribution in [0.5, 0.6) is 0 Å². The average Bonchev–Trinajstić information content (AvgIpc) is 2.85. The predicted octanol–water partition coefficient (Wildman–Crippen LogP) is 5.16. The first-order chi connectivity index (χ1) is 18.5. The molecule has 7 nitrogen and oxygen atoms in total. The number of aliphatic carboxylic acids is 1. The Balaban J connectivity index is 1.94. The third-order valence-corrected chi connectivity index (χ3v) is 6.95. The molecule has 0 fully saturated rings. The molecule has 2 N–H and O–H groups in total. The zero-order chi connectivity index (χ0) is 28.7. The summed E-state index contributed by atoms with van der Waals surface area (Å²) in [5.41, 5.74) is 5.70. The molecule has 1 heterocycles. The Morgan fingerprint density at radius 2 is 1.67 bits per heavy atom. The highest BCUT2D eigenvalue weighted by molar-refractivity contribution is 5.82. The van der Waals surface area contributed by atoms with Gasteiger partial charge in [0, 0.05) is 18.8 Å². The number of hydrogen-bond acceptors (Lipinski definition) is 4. The summed E-state index contributed by atoms with van der Waals surface area (Å²) in [6.07, 6.45) is 2.61. The van der Waals surface area contributed by atoms with Crippen LogP contribution >= 0.6 is 0 Å². The van der Waals surface area contributed by atoms with E-state index in [-0.39, 0.29) is 23.8 Å². The number of amides is 1. The fourth-order valence-corrected chi connectivity index (χ4v) is 4.97. The fraction of sp³-hybridized carbons (Fsp3) is 0.406. The van der Waals surface area contributed by atoms with Crippen LogP contribution in [0.3, 0.4) is 0 Å². The van der Waals surface area contributed by atoms with Crippen LogP contribution in [0.15, 0.2) is 65.6 Å². The second kappa shape index (κ2) is 13.4. The molecule has 1 amide bonds. The van der Waals surface area contributed by atoms with E-state index in [1.165, 1.54) is 4.57 Å². The largest absolute Gasteiger partial charge is 0.481 e. The molecule has 39 heavy (non-hydrogen) atoms. The van der Waals surface area contributed by atoms with E-state index < -0.39 is 18.1 Å². The molecular weight excluding hydrogens is 490 g/mol. The van der Waals surface area contributed by atoms with Crippen molar-refractivity contribution in [2.75, 3.05) is 20.6 Å². The summed E-state index contributed by atoms with van der Waals surface area (Å²) in [4.78, 5) is 40.7. The number of hydrogen-bond donors (Lipinski definition) is 2. The molecule has 7 heteroatoms. The number of carboxylic acid groups (broad SMARTS) is 1. The number of rotatable bonds is 12. The van der Waals surface area contributed by atoms with Crippen molar-refractivity contribution < 1.29 is 14.7 Å². The van der Waals surface area contributed by atoms with Crippen LogP contribution in [0.25, 0.3) is 11.1 Å². The van der Waals surface area contributed by atoms with Gasteiger partial charge in [0.1, 0.15) is 6.04 Å². The minimum Gasteiger partial charge on any atom is -0.481 e. The first kappa shape index (κ1) is 29.8. The molecule has 0 saturated carbocycles. The molecule has 2 aromatic carbocycles. The van der Waals surface area contributed by atoms with Gasteiger partial charge in [0.15, 0.2) is 0 Å². The van der Waals surface area contributed by atoms with E-state index in [1.807, 2.05) is 90.3 Å². The molecule has 0 aliphatic rings. The van der Waals surface area contributed by atoms with Gasteiger partial charge in [0.2, 0.25) is 5.91 Å². The normalized spacial score (nSPS) is 12.9. The second-order valence-electron chi connectivity index (χ2n) is 11.0. The predicted molar refractivity (Wildman–Crippen MR) is 156 cm³/mol. The molecule has 0 bridgehead atoms. The SMILES string of the molecule is Cc1cccc(C)c1-c1cccc([C@H](CC(=O)O)NC(=O)[C@H](CC(C)C)n2ccc(CCN(C)C)cc2=O)c1. The van der Waals surface area contributed by atoms with Crippen LogP contribution in [-0.2, 0) is 16.0 Å². The molecule has 208 valence electrons. The third kappa shape index (κ3) is 8.14. The van der Waals surface area contributed by atoms with Gasteiger partial charge in [-0.25, -0.2) is 0 Å². The molecule has 3 rings (SSSR count). The van der Waals surface area contributed by atoms with E-state index in [2.05, 4.69) is 10.2 Å². The number of carboxylic acids is 1. The number of carbonyl (C=O) groups is 2. The molecule has 1 aromatic heterocycles. The molecule has 0 saturated heterocycles. The number of aryl methyl sites for hydroxylation is 2. The van der Waals surface area contributed by atoms with Gasteiger partial charge in [-0.15, -0.1) is 0 Å². The Morgan fingerprint density at radius 3 is 2.26 bits per heavy atom. The topological polar surface area (TPSA) is 91.6 Å². The van der Waals surface area contributed by atoms with E-state index in [9.17, 15) is 19.5 Å². The van der Waals surface area contributed by atoms with Gasteiger partial charge in [-0.05, 0) is 92.2 Å². The molecule has 0 aliphatic carbocycles. The summed E-state index contributed by atoms with van der Waals surface area (Å²) >= 11 is 0. The van der Waals surface area contributed by atoms with Gasteiger partial charge >= 0.3 is 5.97 Å². The molecule has 0 aliphatic heterocycles. The number of nitrogens with one attached hydrogen (secondary N) is 1.